The van der Waals surface area contributed by atoms with E-state index < -0.39 is 0 Å². The Balaban J connectivity index is 2.11. The van der Waals surface area contributed by atoms with Crippen LogP contribution in [0.4, 0.5) is 5.82 Å². The van der Waals surface area contributed by atoms with Crippen LogP contribution in [0.3, 0.4) is 0 Å². The Morgan fingerprint density at radius 3 is 2.80 bits per heavy atom. The molecule has 4 heteroatoms. The highest BCUT2D eigenvalue weighted by atomic mass is 35.5. The predicted molar refractivity (Wildman–Crippen MR) is 86.5 cm³/mol. The van der Waals surface area contributed by atoms with Gasteiger partial charge in [-0.1, -0.05) is 38.3 Å². The minimum Gasteiger partial charge on any atom is -0.355 e. The average Bonchev–Trinajstić information content (AvgIpc) is 2.45. The van der Waals surface area contributed by atoms with Gasteiger partial charge in [-0.2, -0.15) is 0 Å². The number of hydrogen-bond donors (Lipinski definition) is 1. The van der Waals surface area contributed by atoms with Gasteiger partial charge in [0.15, 0.2) is 0 Å². The van der Waals surface area contributed by atoms with Gasteiger partial charge in [0.2, 0.25) is 0 Å². The molecule has 1 aromatic rings. The lowest BCUT2D eigenvalue weighted by molar-refractivity contribution is 0.320. The third kappa shape index (κ3) is 3.64. The quantitative estimate of drug-likeness (QED) is 0.894. The van der Waals surface area contributed by atoms with Crippen molar-refractivity contribution in [2.24, 2.45) is 5.92 Å². The third-order valence-electron chi connectivity index (χ3n) is 4.36. The van der Waals surface area contributed by atoms with Crippen molar-refractivity contribution in [2.45, 2.75) is 52.1 Å². The highest BCUT2D eigenvalue weighted by Gasteiger charge is 2.26. The summed E-state index contributed by atoms with van der Waals surface area (Å²) < 4.78 is 0. The minimum atomic E-state index is 0.563. The zero-order valence-corrected chi connectivity index (χ0v) is 13.6. The molecule has 2 unspecified atom stereocenters. The van der Waals surface area contributed by atoms with Crippen LogP contribution < -0.4 is 10.2 Å². The first-order valence-corrected chi connectivity index (χ1v) is 8.09. The van der Waals surface area contributed by atoms with Crippen molar-refractivity contribution in [2.75, 3.05) is 18.5 Å². The topological polar surface area (TPSA) is 28.2 Å². The molecule has 1 aliphatic rings. The fourth-order valence-electron chi connectivity index (χ4n) is 3.12. The monoisotopic (exact) mass is 295 g/mol. The molecule has 0 radical (unpaired) electrons. The molecule has 1 fully saturated rings. The summed E-state index contributed by atoms with van der Waals surface area (Å²) in [5, 5.41) is 4.06. The van der Waals surface area contributed by atoms with E-state index >= 15 is 0 Å². The van der Waals surface area contributed by atoms with Crippen LogP contribution >= 0.6 is 11.6 Å². The van der Waals surface area contributed by atoms with Crippen LogP contribution in [0.15, 0.2) is 12.3 Å². The van der Waals surface area contributed by atoms with Gasteiger partial charge in [-0.05, 0) is 36.9 Å². The molecule has 0 spiro atoms. The molecule has 0 aliphatic heterocycles. The molecule has 2 rings (SSSR count). The molecular weight excluding hydrogens is 270 g/mol. The molecule has 0 amide bonds. The summed E-state index contributed by atoms with van der Waals surface area (Å²) in [6.45, 7) is 6.22. The standard InChI is InChI=1S/C16H26ClN3/c1-4-18-10-13-9-14(17)16(19-11-13)20(3)15-8-6-5-7-12(15)2/h9,11-12,15,18H,4-8,10H2,1-3H3. The number of nitrogens with one attached hydrogen (secondary N) is 1. The number of pyridine rings is 1. The minimum absolute atomic E-state index is 0.563. The Morgan fingerprint density at radius 2 is 2.15 bits per heavy atom. The maximum Gasteiger partial charge on any atom is 0.147 e. The Bertz CT molecular complexity index is 436. The highest BCUT2D eigenvalue weighted by Crippen LogP contribution is 2.32. The van der Waals surface area contributed by atoms with Gasteiger partial charge < -0.3 is 10.2 Å². The van der Waals surface area contributed by atoms with Crippen LogP contribution in [0.25, 0.3) is 0 Å². The van der Waals surface area contributed by atoms with E-state index in [0.29, 0.717) is 12.0 Å². The number of aromatic nitrogens is 1. The van der Waals surface area contributed by atoms with Crippen molar-refractivity contribution in [1.29, 1.82) is 0 Å². The highest BCUT2D eigenvalue weighted by molar-refractivity contribution is 6.33. The van der Waals surface area contributed by atoms with Crippen LogP contribution in [0.2, 0.25) is 5.02 Å². The van der Waals surface area contributed by atoms with Crippen molar-refractivity contribution in [3.05, 3.63) is 22.8 Å². The smallest absolute Gasteiger partial charge is 0.147 e. The van der Waals surface area contributed by atoms with Gasteiger partial charge in [0.1, 0.15) is 5.82 Å². The lowest BCUT2D eigenvalue weighted by Crippen LogP contribution is -2.39. The number of anilines is 1. The molecule has 2 atom stereocenters. The molecule has 112 valence electrons. The van der Waals surface area contributed by atoms with Crippen molar-refractivity contribution in [3.8, 4) is 0 Å². The second-order valence-corrected chi connectivity index (χ2v) is 6.28. The lowest BCUT2D eigenvalue weighted by atomic mass is 9.85. The first-order chi connectivity index (χ1) is 9.63. The number of rotatable bonds is 5. The summed E-state index contributed by atoms with van der Waals surface area (Å²) in [5.74, 6) is 1.64. The summed E-state index contributed by atoms with van der Waals surface area (Å²) in [5.41, 5.74) is 1.14. The first-order valence-electron chi connectivity index (χ1n) is 7.71. The van der Waals surface area contributed by atoms with E-state index in [1.807, 2.05) is 12.3 Å². The second-order valence-electron chi connectivity index (χ2n) is 5.87. The lowest BCUT2D eigenvalue weighted by Gasteiger charge is -2.37. The number of nitrogens with zero attached hydrogens (tertiary/aromatic N) is 2. The average molecular weight is 296 g/mol. The summed E-state index contributed by atoms with van der Waals surface area (Å²) in [6, 6.07) is 2.60. The SMILES string of the molecule is CCNCc1cnc(N(C)C2CCCCC2C)c(Cl)c1. The second kappa shape index (κ2) is 7.28. The predicted octanol–water partition coefficient (Wildman–Crippen LogP) is 3.86. The molecule has 1 heterocycles. The fourth-order valence-corrected chi connectivity index (χ4v) is 3.45. The van der Waals surface area contributed by atoms with E-state index in [-0.39, 0.29) is 0 Å². The van der Waals surface area contributed by atoms with Crippen molar-refractivity contribution in [1.82, 2.24) is 10.3 Å². The Hall–Kier alpha value is -0.800. The van der Waals surface area contributed by atoms with Crippen LogP contribution in [-0.2, 0) is 6.54 Å². The van der Waals surface area contributed by atoms with Gasteiger partial charge >= 0.3 is 0 Å². The van der Waals surface area contributed by atoms with Crippen LogP contribution in [0.1, 0.15) is 45.1 Å². The van der Waals surface area contributed by atoms with Gasteiger partial charge in [0, 0.05) is 25.8 Å². The maximum absolute atomic E-state index is 6.44. The molecule has 1 saturated carbocycles. The Kier molecular flexibility index (Phi) is 5.67. The molecular formula is C16H26ClN3. The molecule has 1 aromatic heterocycles. The summed E-state index contributed by atoms with van der Waals surface area (Å²) >= 11 is 6.44. The van der Waals surface area contributed by atoms with E-state index in [2.05, 4.69) is 36.1 Å². The zero-order chi connectivity index (χ0) is 14.5. The molecule has 1 aliphatic carbocycles. The van der Waals surface area contributed by atoms with Crippen LogP contribution in [-0.4, -0.2) is 24.6 Å². The van der Waals surface area contributed by atoms with E-state index in [0.717, 1.165) is 29.5 Å². The number of halogens is 1. The van der Waals surface area contributed by atoms with Crippen LogP contribution in [0, 0.1) is 5.92 Å². The Morgan fingerprint density at radius 1 is 1.40 bits per heavy atom. The van der Waals surface area contributed by atoms with Gasteiger partial charge in [0.05, 0.1) is 5.02 Å². The van der Waals surface area contributed by atoms with Gasteiger partial charge in [0.25, 0.3) is 0 Å². The molecule has 20 heavy (non-hydrogen) atoms. The van der Waals surface area contributed by atoms with E-state index in [1.165, 1.54) is 25.7 Å². The largest absolute Gasteiger partial charge is 0.355 e. The van der Waals surface area contributed by atoms with Gasteiger partial charge in [-0.3, -0.25) is 0 Å². The maximum atomic E-state index is 6.44. The Labute approximate surface area is 127 Å². The van der Waals surface area contributed by atoms with Crippen molar-refractivity contribution in [3.63, 3.8) is 0 Å². The fraction of sp³-hybridized carbons (Fsp3) is 0.688. The molecule has 1 N–H and O–H groups in total. The normalized spacial score (nSPS) is 22.8. The van der Waals surface area contributed by atoms with Crippen molar-refractivity contribution < 1.29 is 0 Å². The molecule has 3 nitrogen and oxygen atoms in total. The van der Waals surface area contributed by atoms with Crippen molar-refractivity contribution >= 4 is 17.4 Å². The summed E-state index contributed by atoms with van der Waals surface area (Å²) in [7, 11) is 2.13. The first kappa shape index (κ1) is 15.6. The molecule has 0 bridgehead atoms. The van der Waals surface area contributed by atoms with Gasteiger partial charge in [-0.25, -0.2) is 4.98 Å². The summed E-state index contributed by atoms with van der Waals surface area (Å²) in [6.07, 6.45) is 7.16. The van der Waals surface area contributed by atoms with Crippen LogP contribution in [0.5, 0.6) is 0 Å². The molecule has 0 saturated heterocycles. The molecule has 0 aromatic carbocycles. The van der Waals surface area contributed by atoms with Gasteiger partial charge in [-0.15, -0.1) is 0 Å². The zero-order valence-electron chi connectivity index (χ0n) is 12.8. The third-order valence-corrected chi connectivity index (χ3v) is 4.63. The van der Waals surface area contributed by atoms with E-state index in [4.69, 9.17) is 11.6 Å². The summed E-state index contributed by atoms with van der Waals surface area (Å²) in [4.78, 5) is 6.88. The number of hydrogen-bond acceptors (Lipinski definition) is 3. The van der Waals surface area contributed by atoms with E-state index in [9.17, 15) is 0 Å². The van der Waals surface area contributed by atoms with E-state index in [1.54, 1.807) is 0 Å².